The van der Waals surface area contributed by atoms with Gasteiger partial charge in [-0.3, -0.25) is 0 Å². The molecule has 0 radical (unpaired) electrons. The number of benzene rings is 1. The largest absolute Gasteiger partial charge is 0.366 e. The average molecular weight is 266 g/mol. The van der Waals surface area contributed by atoms with Crippen molar-refractivity contribution in [1.29, 1.82) is 5.26 Å². The van der Waals surface area contributed by atoms with Crippen LogP contribution >= 0.6 is 0 Å². The Bertz CT molecular complexity index is 624. The maximum Gasteiger partial charge on any atom is 0.146 e. The Morgan fingerprint density at radius 1 is 1.20 bits per heavy atom. The third-order valence-corrected chi connectivity index (χ3v) is 3.07. The normalized spacial score (nSPS) is 10.3. The van der Waals surface area contributed by atoms with E-state index in [-0.39, 0.29) is 0 Å². The van der Waals surface area contributed by atoms with Gasteiger partial charge in [-0.15, -0.1) is 0 Å². The lowest BCUT2D eigenvalue weighted by Gasteiger charge is -2.09. The summed E-state index contributed by atoms with van der Waals surface area (Å²) in [5.41, 5.74) is 2.90. The number of hydrogen-bond donors (Lipinski definition) is 1. The molecule has 0 fully saturated rings. The zero-order chi connectivity index (χ0) is 14.5. The summed E-state index contributed by atoms with van der Waals surface area (Å²) in [6.45, 7) is 6.82. The summed E-state index contributed by atoms with van der Waals surface area (Å²) in [5.74, 6) is 1.82. The van der Waals surface area contributed by atoms with Crippen molar-refractivity contribution in [3.8, 4) is 6.07 Å². The molecule has 0 saturated heterocycles. The average Bonchev–Trinajstić information content (AvgIpc) is 2.45. The van der Waals surface area contributed by atoms with Gasteiger partial charge in [-0.05, 0) is 24.0 Å². The summed E-state index contributed by atoms with van der Waals surface area (Å²) in [5, 5.41) is 12.1. The van der Waals surface area contributed by atoms with Crippen LogP contribution in [0.1, 0.15) is 42.4 Å². The van der Waals surface area contributed by atoms with Gasteiger partial charge in [-0.1, -0.05) is 38.1 Å². The van der Waals surface area contributed by atoms with E-state index in [0.29, 0.717) is 29.8 Å². The van der Waals surface area contributed by atoms with Crippen LogP contribution in [0, 0.1) is 18.3 Å². The van der Waals surface area contributed by atoms with Gasteiger partial charge < -0.3 is 5.32 Å². The Morgan fingerprint density at radius 3 is 2.50 bits per heavy atom. The van der Waals surface area contributed by atoms with Gasteiger partial charge in [-0.2, -0.15) is 5.26 Å². The molecule has 20 heavy (non-hydrogen) atoms. The molecule has 1 N–H and O–H groups in total. The lowest BCUT2D eigenvalue weighted by atomic mass is 10.0. The van der Waals surface area contributed by atoms with E-state index in [0.717, 1.165) is 0 Å². The van der Waals surface area contributed by atoms with Crippen molar-refractivity contribution in [2.45, 2.75) is 33.2 Å². The minimum Gasteiger partial charge on any atom is -0.366 e. The topological polar surface area (TPSA) is 61.6 Å². The molecule has 0 unspecified atom stereocenters. The molecule has 102 valence electrons. The second-order valence-corrected chi connectivity index (χ2v) is 5.05. The molecule has 4 heteroatoms. The molecular weight excluding hydrogens is 248 g/mol. The molecule has 0 aliphatic heterocycles. The van der Waals surface area contributed by atoms with Crippen molar-refractivity contribution in [3.63, 3.8) is 0 Å². The lowest BCUT2D eigenvalue weighted by molar-refractivity contribution is 0.865. The summed E-state index contributed by atoms with van der Waals surface area (Å²) in [6.07, 6.45) is 0. The number of aromatic nitrogens is 2. The molecule has 1 aromatic carbocycles. The lowest BCUT2D eigenvalue weighted by Crippen LogP contribution is -2.04. The van der Waals surface area contributed by atoms with Crippen LogP contribution in [0.3, 0.4) is 0 Å². The molecule has 0 spiro atoms. The number of rotatable bonds is 4. The maximum absolute atomic E-state index is 8.89. The van der Waals surface area contributed by atoms with Gasteiger partial charge in [0.15, 0.2) is 0 Å². The first kappa shape index (κ1) is 14.0. The number of aryl methyl sites for hydroxylation is 1. The van der Waals surface area contributed by atoms with Crippen LogP contribution < -0.4 is 5.32 Å². The zero-order valence-corrected chi connectivity index (χ0v) is 12.0. The molecule has 0 atom stereocenters. The summed E-state index contributed by atoms with van der Waals surface area (Å²) >= 11 is 0. The van der Waals surface area contributed by atoms with Crippen LogP contribution in [0.2, 0.25) is 0 Å². The van der Waals surface area contributed by atoms with Gasteiger partial charge in [0.05, 0.1) is 0 Å². The van der Waals surface area contributed by atoms with E-state index in [9.17, 15) is 0 Å². The van der Waals surface area contributed by atoms with E-state index in [2.05, 4.69) is 53.4 Å². The molecule has 0 aliphatic carbocycles. The van der Waals surface area contributed by atoms with Crippen LogP contribution in [-0.2, 0) is 6.54 Å². The number of nitrogens with zero attached hydrogens (tertiary/aromatic N) is 3. The highest BCUT2D eigenvalue weighted by Crippen LogP contribution is 2.15. The van der Waals surface area contributed by atoms with Crippen LogP contribution in [0.4, 0.5) is 5.82 Å². The minimum absolute atomic E-state index is 0.384. The van der Waals surface area contributed by atoms with Crippen LogP contribution in [0.15, 0.2) is 30.3 Å². The van der Waals surface area contributed by atoms with Gasteiger partial charge in [0.1, 0.15) is 23.4 Å². The summed E-state index contributed by atoms with van der Waals surface area (Å²) in [4.78, 5) is 8.30. The van der Waals surface area contributed by atoms with Crippen molar-refractivity contribution in [1.82, 2.24) is 9.97 Å². The molecule has 0 aliphatic rings. The highest BCUT2D eigenvalue weighted by atomic mass is 15.0. The fourth-order valence-electron chi connectivity index (χ4n) is 1.93. The second-order valence-electron chi connectivity index (χ2n) is 5.05. The molecule has 0 saturated carbocycles. The number of hydrogen-bond acceptors (Lipinski definition) is 4. The molecule has 0 bridgehead atoms. The molecule has 1 aromatic heterocycles. The van der Waals surface area contributed by atoms with E-state index >= 15 is 0 Å². The highest BCUT2D eigenvalue weighted by Gasteiger charge is 2.02. The maximum atomic E-state index is 8.89. The van der Waals surface area contributed by atoms with Crippen molar-refractivity contribution < 1.29 is 0 Å². The van der Waals surface area contributed by atoms with E-state index in [1.807, 2.05) is 6.07 Å². The Morgan fingerprint density at radius 2 is 1.90 bits per heavy atom. The molecule has 2 aromatic rings. The van der Waals surface area contributed by atoms with Crippen molar-refractivity contribution in [3.05, 3.63) is 53.0 Å². The van der Waals surface area contributed by atoms with E-state index in [1.54, 1.807) is 13.0 Å². The minimum atomic E-state index is 0.384. The molecule has 1 heterocycles. The monoisotopic (exact) mass is 266 g/mol. The van der Waals surface area contributed by atoms with Gasteiger partial charge in [0.2, 0.25) is 0 Å². The van der Waals surface area contributed by atoms with E-state index in [1.165, 1.54) is 11.1 Å². The summed E-state index contributed by atoms with van der Waals surface area (Å²) in [6, 6.07) is 12.2. The highest BCUT2D eigenvalue weighted by molar-refractivity contribution is 5.40. The van der Waals surface area contributed by atoms with Gasteiger partial charge in [0, 0.05) is 12.6 Å². The summed E-state index contributed by atoms with van der Waals surface area (Å²) in [7, 11) is 0. The summed E-state index contributed by atoms with van der Waals surface area (Å²) < 4.78 is 0. The Balaban J connectivity index is 2.05. The fourth-order valence-corrected chi connectivity index (χ4v) is 1.93. The van der Waals surface area contributed by atoms with Gasteiger partial charge in [0.25, 0.3) is 0 Å². The van der Waals surface area contributed by atoms with E-state index < -0.39 is 0 Å². The van der Waals surface area contributed by atoms with Crippen LogP contribution in [-0.4, -0.2) is 9.97 Å². The molecule has 2 rings (SSSR count). The standard InChI is InChI=1S/C16H18N4/c1-11(2)14-6-4-13(5-7-14)10-18-16-8-15(9-17)19-12(3)20-16/h4-8,11H,10H2,1-3H3,(H,18,19,20). The Hall–Kier alpha value is -2.41. The first-order chi connectivity index (χ1) is 9.58. The van der Waals surface area contributed by atoms with E-state index in [4.69, 9.17) is 5.26 Å². The smallest absolute Gasteiger partial charge is 0.146 e. The predicted octanol–water partition coefficient (Wildman–Crippen LogP) is 3.39. The fraction of sp³-hybridized carbons (Fsp3) is 0.312. The zero-order valence-electron chi connectivity index (χ0n) is 12.0. The third-order valence-electron chi connectivity index (χ3n) is 3.07. The van der Waals surface area contributed by atoms with Gasteiger partial charge in [-0.25, -0.2) is 9.97 Å². The quantitative estimate of drug-likeness (QED) is 0.921. The second kappa shape index (κ2) is 6.16. The van der Waals surface area contributed by atoms with Crippen molar-refractivity contribution in [2.75, 3.05) is 5.32 Å². The number of nitriles is 1. The third kappa shape index (κ3) is 3.55. The van der Waals surface area contributed by atoms with Crippen LogP contribution in [0.25, 0.3) is 0 Å². The van der Waals surface area contributed by atoms with Crippen molar-refractivity contribution >= 4 is 5.82 Å². The Kier molecular flexibility index (Phi) is 4.31. The first-order valence-corrected chi connectivity index (χ1v) is 6.67. The predicted molar refractivity (Wildman–Crippen MR) is 79.3 cm³/mol. The molecule has 4 nitrogen and oxygen atoms in total. The first-order valence-electron chi connectivity index (χ1n) is 6.67. The molecule has 0 amide bonds. The SMILES string of the molecule is Cc1nc(C#N)cc(NCc2ccc(C(C)C)cc2)n1. The number of anilines is 1. The van der Waals surface area contributed by atoms with Crippen molar-refractivity contribution in [2.24, 2.45) is 0 Å². The van der Waals surface area contributed by atoms with Gasteiger partial charge >= 0.3 is 0 Å². The molecular formula is C16H18N4. The van der Waals surface area contributed by atoms with Crippen LogP contribution in [0.5, 0.6) is 0 Å². The Labute approximate surface area is 119 Å². The number of nitrogens with one attached hydrogen (secondary N) is 1.